The fourth-order valence-electron chi connectivity index (χ4n) is 3.79. The molecule has 1 saturated heterocycles. The lowest BCUT2D eigenvalue weighted by Gasteiger charge is -2.30. The summed E-state index contributed by atoms with van der Waals surface area (Å²) in [7, 11) is -3.92. The molecule has 31 heavy (non-hydrogen) atoms. The van der Waals surface area contributed by atoms with Crippen molar-refractivity contribution in [1.82, 2.24) is 4.98 Å². The maximum absolute atomic E-state index is 12.9. The van der Waals surface area contributed by atoms with Crippen molar-refractivity contribution in [1.29, 1.82) is 0 Å². The van der Waals surface area contributed by atoms with E-state index in [1.165, 1.54) is 17.4 Å². The number of amidine groups is 1. The summed E-state index contributed by atoms with van der Waals surface area (Å²) in [5.74, 6) is -0.00907. The molecule has 7 nitrogen and oxygen atoms in total. The Labute approximate surface area is 192 Å². The molecule has 0 spiro atoms. The van der Waals surface area contributed by atoms with Crippen LogP contribution in [0.5, 0.6) is 0 Å². The molecule has 0 bridgehead atoms. The molecule has 3 aromatic rings. The Morgan fingerprint density at radius 2 is 1.97 bits per heavy atom. The zero-order valence-corrected chi connectivity index (χ0v) is 19.2. The van der Waals surface area contributed by atoms with E-state index in [2.05, 4.69) is 14.7 Å². The molecule has 2 aliphatic heterocycles. The van der Waals surface area contributed by atoms with Gasteiger partial charge in [-0.3, -0.25) is 10.1 Å². The predicted octanol–water partition coefficient (Wildman–Crippen LogP) is 5.34. The zero-order valence-electron chi connectivity index (χ0n) is 16.1. The molecule has 160 valence electrons. The number of carbonyl (C=O) groups is 1. The van der Waals surface area contributed by atoms with Crippen molar-refractivity contribution in [2.24, 2.45) is 4.40 Å². The van der Waals surface area contributed by atoms with Gasteiger partial charge in [-0.1, -0.05) is 41.0 Å². The Bertz CT molecular complexity index is 1370. The molecular formula is C20H16Cl2N4O3S2. The van der Waals surface area contributed by atoms with Gasteiger partial charge in [0.1, 0.15) is 10.7 Å². The third kappa shape index (κ3) is 3.80. The molecule has 1 N–H and O–H groups in total. The predicted molar refractivity (Wildman–Crippen MR) is 124 cm³/mol. The monoisotopic (exact) mass is 494 g/mol. The van der Waals surface area contributed by atoms with Crippen LogP contribution in [0.3, 0.4) is 0 Å². The molecule has 11 heteroatoms. The van der Waals surface area contributed by atoms with Crippen LogP contribution in [-0.2, 0) is 10.0 Å². The Kier molecular flexibility index (Phi) is 5.16. The quantitative estimate of drug-likeness (QED) is 0.519. The number of benzene rings is 2. The molecule has 0 atom stereocenters. The fraction of sp³-hybridized carbons (Fsp3) is 0.250. The third-order valence-electron chi connectivity index (χ3n) is 5.25. The van der Waals surface area contributed by atoms with Gasteiger partial charge in [0.25, 0.3) is 15.9 Å². The highest BCUT2D eigenvalue weighted by Crippen LogP contribution is 2.38. The Balaban J connectivity index is 1.52. The highest BCUT2D eigenvalue weighted by atomic mass is 35.5. The second-order valence-corrected chi connectivity index (χ2v) is 10.8. The van der Waals surface area contributed by atoms with E-state index in [1.54, 1.807) is 24.3 Å². The summed E-state index contributed by atoms with van der Waals surface area (Å²) in [4.78, 5) is 19.2. The van der Waals surface area contributed by atoms with Crippen LogP contribution in [0.25, 0.3) is 10.2 Å². The number of fused-ring (bicyclic) bond motifs is 4. The number of halogens is 2. The first kappa shape index (κ1) is 20.7. The summed E-state index contributed by atoms with van der Waals surface area (Å²) >= 11 is 13.7. The third-order valence-corrected chi connectivity index (χ3v) is 8.07. The summed E-state index contributed by atoms with van der Waals surface area (Å²) in [5.41, 5.74) is 1.23. The van der Waals surface area contributed by atoms with Crippen molar-refractivity contribution < 1.29 is 13.2 Å². The molecule has 0 unspecified atom stereocenters. The van der Waals surface area contributed by atoms with Gasteiger partial charge in [0, 0.05) is 18.0 Å². The second kappa shape index (κ2) is 7.74. The van der Waals surface area contributed by atoms with E-state index < -0.39 is 15.9 Å². The van der Waals surface area contributed by atoms with Crippen LogP contribution >= 0.6 is 34.5 Å². The van der Waals surface area contributed by atoms with Crippen molar-refractivity contribution in [2.45, 2.75) is 30.6 Å². The fourth-order valence-corrected chi connectivity index (χ4v) is 6.43. The lowest BCUT2D eigenvalue weighted by molar-refractivity contribution is 0.102. The molecular weight excluding hydrogens is 479 g/mol. The zero-order chi connectivity index (χ0) is 21.8. The van der Waals surface area contributed by atoms with E-state index in [0.29, 0.717) is 40.2 Å². The number of aromatic nitrogens is 1. The van der Waals surface area contributed by atoms with Crippen LogP contribution in [0.2, 0.25) is 10.0 Å². The number of rotatable bonds is 2. The number of thiazole rings is 1. The van der Waals surface area contributed by atoms with Gasteiger partial charge in [-0.05, 0) is 43.2 Å². The van der Waals surface area contributed by atoms with Crippen molar-refractivity contribution in [2.75, 3.05) is 16.8 Å². The Morgan fingerprint density at radius 3 is 2.81 bits per heavy atom. The number of carbonyl (C=O) groups excluding carboxylic acids is 1. The van der Waals surface area contributed by atoms with E-state index in [0.717, 1.165) is 24.0 Å². The number of hydrogen-bond acceptors (Lipinski definition) is 6. The summed E-state index contributed by atoms with van der Waals surface area (Å²) in [6, 6.07) is 8.09. The lowest BCUT2D eigenvalue weighted by atomic mass is 10.1. The molecule has 0 aliphatic carbocycles. The molecule has 0 radical (unpaired) electrons. The number of sulfonamides is 1. The summed E-state index contributed by atoms with van der Waals surface area (Å²) < 4.78 is 30.5. The normalized spacial score (nSPS) is 17.5. The van der Waals surface area contributed by atoms with Crippen LogP contribution in [0.15, 0.2) is 39.6 Å². The minimum atomic E-state index is -3.92. The van der Waals surface area contributed by atoms with Crippen LogP contribution in [0.4, 0.5) is 10.8 Å². The SMILES string of the molecule is O=C(Nc1nc2ccc(Cl)cc2s1)c1cc2c(cc1Cl)N1CCCCCC1=NS2(=O)=O. The molecule has 2 aromatic carbocycles. The minimum Gasteiger partial charge on any atom is -0.328 e. The maximum atomic E-state index is 12.9. The van der Waals surface area contributed by atoms with E-state index >= 15 is 0 Å². The minimum absolute atomic E-state index is 0.0104. The highest BCUT2D eigenvalue weighted by molar-refractivity contribution is 7.90. The molecule has 1 aromatic heterocycles. The maximum Gasteiger partial charge on any atom is 0.286 e. The second-order valence-electron chi connectivity index (χ2n) is 7.33. The smallest absolute Gasteiger partial charge is 0.286 e. The van der Waals surface area contributed by atoms with Crippen LogP contribution < -0.4 is 10.2 Å². The van der Waals surface area contributed by atoms with E-state index in [9.17, 15) is 13.2 Å². The Morgan fingerprint density at radius 1 is 1.13 bits per heavy atom. The van der Waals surface area contributed by atoms with Gasteiger partial charge in [-0.25, -0.2) is 4.98 Å². The average Bonchev–Trinajstić information content (AvgIpc) is 2.94. The molecule has 1 fully saturated rings. The standard InChI is InChI=1S/C20H16Cl2N4O3S2/c21-11-5-6-14-16(8-11)30-20(23-14)24-19(27)12-9-17-15(10-13(12)22)26-7-3-1-2-4-18(26)25-31(17,28)29/h5-6,8-10H,1-4,7H2,(H,23,24,27). The van der Waals surface area contributed by atoms with Crippen molar-refractivity contribution in [3.63, 3.8) is 0 Å². The van der Waals surface area contributed by atoms with Gasteiger partial charge < -0.3 is 4.90 Å². The summed E-state index contributed by atoms with van der Waals surface area (Å²) in [6.45, 7) is 0.664. The van der Waals surface area contributed by atoms with Crippen molar-refractivity contribution in [3.05, 3.63) is 45.9 Å². The number of amides is 1. The van der Waals surface area contributed by atoms with Gasteiger partial charge in [0.05, 0.1) is 26.5 Å². The average molecular weight is 495 g/mol. The van der Waals surface area contributed by atoms with Crippen LogP contribution in [0, 0.1) is 0 Å². The highest BCUT2D eigenvalue weighted by Gasteiger charge is 2.33. The summed E-state index contributed by atoms with van der Waals surface area (Å²) in [5, 5.41) is 3.81. The van der Waals surface area contributed by atoms with Gasteiger partial charge in [-0.15, -0.1) is 4.40 Å². The Hall–Kier alpha value is -2.20. The largest absolute Gasteiger partial charge is 0.328 e. The van der Waals surface area contributed by atoms with Crippen LogP contribution in [-0.4, -0.2) is 31.7 Å². The van der Waals surface area contributed by atoms with E-state index in [4.69, 9.17) is 23.2 Å². The van der Waals surface area contributed by atoms with Gasteiger partial charge >= 0.3 is 0 Å². The number of nitrogens with zero attached hydrogens (tertiary/aromatic N) is 3. The topological polar surface area (TPSA) is 91.7 Å². The summed E-state index contributed by atoms with van der Waals surface area (Å²) in [6.07, 6.45) is 3.43. The lowest BCUT2D eigenvalue weighted by Crippen LogP contribution is -2.35. The molecule has 5 rings (SSSR count). The first-order valence-electron chi connectivity index (χ1n) is 9.64. The number of anilines is 2. The van der Waals surface area contributed by atoms with Crippen molar-refractivity contribution in [3.8, 4) is 0 Å². The number of nitrogens with one attached hydrogen (secondary N) is 1. The molecule has 1 amide bonds. The molecule has 0 saturated carbocycles. The van der Waals surface area contributed by atoms with Gasteiger partial charge in [-0.2, -0.15) is 8.42 Å². The van der Waals surface area contributed by atoms with Gasteiger partial charge in [0.2, 0.25) is 0 Å². The molecule has 3 heterocycles. The molecule has 2 aliphatic rings. The number of hydrogen-bond donors (Lipinski definition) is 1. The van der Waals surface area contributed by atoms with Crippen LogP contribution in [0.1, 0.15) is 36.0 Å². The first-order chi connectivity index (χ1) is 14.8. The van der Waals surface area contributed by atoms with E-state index in [-0.39, 0.29) is 15.5 Å². The first-order valence-corrected chi connectivity index (χ1v) is 12.7. The van der Waals surface area contributed by atoms with Crippen molar-refractivity contribution >= 4 is 77.3 Å². The van der Waals surface area contributed by atoms with E-state index in [1.807, 2.05) is 4.90 Å². The van der Waals surface area contributed by atoms with Gasteiger partial charge in [0.15, 0.2) is 5.13 Å².